The van der Waals surface area contributed by atoms with Gasteiger partial charge in [-0.1, -0.05) is 6.92 Å². The molecule has 0 saturated carbocycles. The third kappa shape index (κ3) is 5.43. The first-order valence-electron chi connectivity index (χ1n) is 8.23. The number of sulfone groups is 1. The molecular formula is C15H29N3O3S. The van der Waals surface area contributed by atoms with Gasteiger partial charge >= 0.3 is 0 Å². The van der Waals surface area contributed by atoms with Gasteiger partial charge in [-0.15, -0.1) is 0 Å². The second-order valence-electron chi connectivity index (χ2n) is 6.77. The zero-order valence-electron chi connectivity index (χ0n) is 13.7. The van der Waals surface area contributed by atoms with Crippen LogP contribution in [-0.4, -0.2) is 58.7 Å². The van der Waals surface area contributed by atoms with Crippen LogP contribution in [0.5, 0.6) is 0 Å². The number of aliphatic imine (C=N–C) groups is 1. The van der Waals surface area contributed by atoms with Crippen LogP contribution in [0.25, 0.3) is 0 Å². The molecule has 2 aliphatic rings. The topological polar surface area (TPSA) is 79.8 Å². The van der Waals surface area contributed by atoms with E-state index in [4.69, 9.17) is 9.73 Å². The maximum Gasteiger partial charge on any atom is 0.191 e. The summed E-state index contributed by atoms with van der Waals surface area (Å²) in [7, 11) is -2.81. The van der Waals surface area contributed by atoms with Gasteiger partial charge in [-0.2, -0.15) is 0 Å². The molecule has 0 aromatic carbocycles. The highest BCUT2D eigenvalue weighted by molar-refractivity contribution is 7.91. The molecule has 2 heterocycles. The molecule has 2 rings (SSSR count). The number of hydrogen-bond acceptors (Lipinski definition) is 4. The molecule has 2 aliphatic heterocycles. The van der Waals surface area contributed by atoms with E-state index < -0.39 is 9.84 Å². The zero-order chi connectivity index (χ0) is 16.1. The highest BCUT2D eigenvalue weighted by Crippen LogP contribution is 2.29. The quantitative estimate of drug-likeness (QED) is 0.575. The van der Waals surface area contributed by atoms with Gasteiger partial charge in [0.2, 0.25) is 0 Å². The lowest BCUT2D eigenvalue weighted by molar-refractivity contribution is 0.0283. The van der Waals surface area contributed by atoms with E-state index in [9.17, 15) is 8.42 Å². The van der Waals surface area contributed by atoms with Crippen molar-refractivity contribution in [1.29, 1.82) is 0 Å². The first kappa shape index (κ1) is 17.5. The van der Waals surface area contributed by atoms with Crippen LogP contribution in [0.3, 0.4) is 0 Å². The highest BCUT2D eigenvalue weighted by atomic mass is 32.2. The minimum atomic E-state index is -2.81. The summed E-state index contributed by atoms with van der Waals surface area (Å²) in [6.07, 6.45) is 2.83. The highest BCUT2D eigenvalue weighted by Gasteiger charge is 2.29. The molecule has 128 valence electrons. The summed E-state index contributed by atoms with van der Waals surface area (Å²) >= 11 is 0. The summed E-state index contributed by atoms with van der Waals surface area (Å²) in [4.78, 5) is 4.70. The summed E-state index contributed by atoms with van der Waals surface area (Å²) in [6, 6.07) is 0. The number of rotatable bonds is 5. The fourth-order valence-electron chi connectivity index (χ4n) is 2.91. The van der Waals surface area contributed by atoms with Crippen molar-refractivity contribution in [3.63, 3.8) is 0 Å². The molecule has 6 nitrogen and oxygen atoms in total. The maximum absolute atomic E-state index is 11.5. The number of nitrogens with one attached hydrogen (secondary N) is 2. The van der Waals surface area contributed by atoms with E-state index in [0.29, 0.717) is 18.1 Å². The van der Waals surface area contributed by atoms with Crippen LogP contribution in [0.15, 0.2) is 4.99 Å². The van der Waals surface area contributed by atoms with Crippen molar-refractivity contribution in [3.8, 4) is 0 Å². The van der Waals surface area contributed by atoms with E-state index in [1.807, 2.05) is 6.92 Å². The minimum Gasteiger partial charge on any atom is -0.381 e. The standard InChI is InChI=1S/C15H29N3O3S/c1-3-16-14(17-10-13-4-9-22(19,20)11-13)18-12-15(2)5-7-21-8-6-15/h13H,3-12H2,1-2H3,(H2,16,17,18). The first-order valence-corrected chi connectivity index (χ1v) is 10.0. The molecule has 7 heteroatoms. The van der Waals surface area contributed by atoms with Gasteiger partial charge in [0, 0.05) is 32.8 Å². The summed E-state index contributed by atoms with van der Waals surface area (Å²) < 4.78 is 28.4. The van der Waals surface area contributed by atoms with Gasteiger partial charge in [-0.25, -0.2) is 8.42 Å². The van der Waals surface area contributed by atoms with E-state index in [2.05, 4.69) is 17.6 Å². The van der Waals surface area contributed by atoms with E-state index in [1.165, 1.54) is 0 Å². The largest absolute Gasteiger partial charge is 0.381 e. The lowest BCUT2D eigenvalue weighted by Gasteiger charge is -2.32. The molecule has 0 aromatic rings. The molecule has 0 spiro atoms. The Balaban J connectivity index is 1.84. The summed E-state index contributed by atoms with van der Waals surface area (Å²) in [5.74, 6) is 1.62. The van der Waals surface area contributed by atoms with E-state index in [0.717, 1.165) is 51.5 Å². The average Bonchev–Trinajstić information content (AvgIpc) is 2.82. The lowest BCUT2D eigenvalue weighted by Crippen LogP contribution is -2.41. The molecule has 22 heavy (non-hydrogen) atoms. The van der Waals surface area contributed by atoms with Gasteiger partial charge < -0.3 is 15.4 Å². The van der Waals surface area contributed by atoms with Crippen LogP contribution >= 0.6 is 0 Å². The average molecular weight is 331 g/mol. The third-order valence-electron chi connectivity index (χ3n) is 4.55. The minimum absolute atomic E-state index is 0.201. The van der Waals surface area contributed by atoms with Crippen LogP contribution in [-0.2, 0) is 14.6 Å². The molecule has 1 unspecified atom stereocenters. The summed E-state index contributed by atoms with van der Waals surface area (Å²) in [5.41, 5.74) is 0.206. The molecule has 1 atom stereocenters. The van der Waals surface area contributed by atoms with Crippen molar-refractivity contribution in [2.24, 2.45) is 16.3 Å². The smallest absolute Gasteiger partial charge is 0.191 e. The van der Waals surface area contributed by atoms with Crippen molar-refractivity contribution < 1.29 is 13.2 Å². The van der Waals surface area contributed by atoms with E-state index in [1.54, 1.807) is 0 Å². The van der Waals surface area contributed by atoms with Gasteiger partial charge in [0.05, 0.1) is 11.5 Å². The van der Waals surface area contributed by atoms with Crippen LogP contribution in [0, 0.1) is 11.3 Å². The van der Waals surface area contributed by atoms with E-state index >= 15 is 0 Å². The second-order valence-corrected chi connectivity index (χ2v) is 9.00. The molecule has 0 amide bonds. The SMILES string of the molecule is CCNC(=NCC1(C)CCOCC1)NCC1CCS(=O)(=O)C1. The molecule has 2 fully saturated rings. The normalized spacial score (nSPS) is 27.5. The predicted molar refractivity (Wildman–Crippen MR) is 88.9 cm³/mol. The Kier molecular flexibility index (Phi) is 6.09. The van der Waals surface area contributed by atoms with Crippen molar-refractivity contribution in [2.75, 3.05) is 44.4 Å². The molecule has 0 bridgehead atoms. The van der Waals surface area contributed by atoms with Gasteiger partial charge in [0.1, 0.15) is 0 Å². The van der Waals surface area contributed by atoms with Crippen molar-refractivity contribution in [3.05, 3.63) is 0 Å². The van der Waals surface area contributed by atoms with Gasteiger partial charge in [0.25, 0.3) is 0 Å². The van der Waals surface area contributed by atoms with Gasteiger partial charge in [-0.05, 0) is 37.5 Å². The summed E-state index contributed by atoms with van der Waals surface area (Å²) in [5, 5.41) is 6.54. The Morgan fingerprint density at radius 1 is 1.32 bits per heavy atom. The molecule has 0 aliphatic carbocycles. The Labute approximate surface area is 134 Å². The van der Waals surface area contributed by atoms with E-state index in [-0.39, 0.29) is 11.3 Å². The molecule has 0 aromatic heterocycles. The van der Waals surface area contributed by atoms with Gasteiger partial charge in [0.15, 0.2) is 15.8 Å². The van der Waals surface area contributed by atoms with Crippen LogP contribution in [0.1, 0.15) is 33.1 Å². The summed E-state index contributed by atoms with van der Waals surface area (Å²) in [6.45, 7) is 8.17. The lowest BCUT2D eigenvalue weighted by atomic mass is 9.83. The molecular weight excluding hydrogens is 302 g/mol. The number of guanidine groups is 1. The van der Waals surface area contributed by atoms with Crippen LogP contribution in [0.4, 0.5) is 0 Å². The number of hydrogen-bond donors (Lipinski definition) is 2. The Hall–Kier alpha value is -0.820. The molecule has 0 radical (unpaired) electrons. The van der Waals surface area contributed by atoms with Crippen molar-refractivity contribution in [2.45, 2.75) is 33.1 Å². The Bertz CT molecular complexity index is 484. The fourth-order valence-corrected chi connectivity index (χ4v) is 4.77. The number of ether oxygens (including phenoxy) is 1. The Morgan fingerprint density at radius 3 is 2.64 bits per heavy atom. The zero-order valence-corrected chi connectivity index (χ0v) is 14.5. The third-order valence-corrected chi connectivity index (χ3v) is 6.38. The first-order chi connectivity index (χ1) is 10.4. The van der Waals surface area contributed by atoms with Crippen molar-refractivity contribution >= 4 is 15.8 Å². The monoisotopic (exact) mass is 331 g/mol. The van der Waals surface area contributed by atoms with Crippen molar-refractivity contribution in [1.82, 2.24) is 10.6 Å². The molecule has 2 N–H and O–H groups in total. The maximum atomic E-state index is 11.5. The Morgan fingerprint density at radius 2 is 2.05 bits per heavy atom. The second kappa shape index (κ2) is 7.64. The number of nitrogens with zero attached hydrogens (tertiary/aromatic N) is 1. The molecule has 2 saturated heterocycles. The predicted octanol–water partition coefficient (Wildman–Crippen LogP) is 0.793. The van der Waals surface area contributed by atoms with Gasteiger partial charge in [-0.3, -0.25) is 4.99 Å². The fraction of sp³-hybridized carbons (Fsp3) is 0.933. The van der Waals surface area contributed by atoms with Crippen LogP contribution < -0.4 is 10.6 Å². The van der Waals surface area contributed by atoms with Crippen LogP contribution in [0.2, 0.25) is 0 Å².